The Bertz CT molecular complexity index is 1030. The van der Waals surface area contributed by atoms with Gasteiger partial charge in [-0.1, -0.05) is 42.4 Å². The minimum atomic E-state index is -0.467. The van der Waals surface area contributed by atoms with Crippen LogP contribution in [-0.2, 0) is 25.7 Å². The number of hydrogen-bond acceptors (Lipinski definition) is 8. The lowest BCUT2D eigenvalue weighted by molar-refractivity contribution is -0.154. The fraction of sp³-hybridized carbons (Fsp3) is 0.400. The lowest BCUT2D eigenvalue weighted by Crippen LogP contribution is -2.43. The van der Waals surface area contributed by atoms with E-state index in [4.69, 9.17) is 20.4 Å². The van der Waals surface area contributed by atoms with Gasteiger partial charge in [-0.2, -0.15) is 0 Å². The van der Waals surface area contributed by atoms with Crippen LogP contribution in [0.5, 0.6) is 0 Å². The van der Waals surface area contributed by atoms with Crippen LogP contribution in [0, 0.1) is 5.92 Å². The molecule has 2 heterocycles. The fourth-order valence-electron chi connectivity index (χ4n) is 3.80. The van der Waals surface area contributed by atoms with Crippen molar-refractivity contribution in [3.05, 3.63) is 65.5 Å². The molecule has 3 rings (SSSR count). The monoisotopic (exact) mass is 482 g/mol. The van der Waals surface area contributed by atoms with Crippen molar-refractivity contribution in [2.45, 2.75) is 38.9 Å². The molecule has 0 bridgehead atoms. The molecule has 1 aromatic heterocycles. The summed E-state index contributed by atoms with van der Waals surface area (Å²) in [6, 6.07) is 9.97. The lowest BCUT2D eigenvalue weighted by Gasteiger charge is -2.33. The number of rotatable bonds is 10. The number of likely N-dealkylation sites (tertiary alicyclic amines) is 1. The van der Waals surface area contributed by atoms with Crippen LogP contribution >= 0.6 is 0 Å². The molecule has 1 fully saturated rings. The van der Waals surface area contributed by atoms with Crippen LogP contribution in [0.1, 0.15) is 47.7 Å². The van der Waals surface area contributed by atoms with Gasteiger partial charge in [0, 0.05) is 54.5 Å². The Balaban J connectivity index is 1.38. The molecule has 1 aliphatic heterocycles. The Morgan fingerprint density at radius 2 is 1.86 bits per heavy atom. The number of piperidine rings is 1. The lowest BCUT2D eigenvalue weighted by atomic mass is 9.96. The minimum absolute atomic E-state index is 0.0402. The maximum atomic E-state index is 12.8. The molecular formula is C25H30N4O6. The molecule has 0 spiro atoms. The third kappa shape index (κ3) is 7.61. The summed E-state index contributed by atoms with van der Waals surface area (Å²) >= 11 is 0. The first-order valence-corrected chi connectivity index (χ1v) is 11.4. The molecule has 0 radical (unpaired) electrons. The topological polar surface area (TPSA) is 144 Å². The van der Waals surface area contributed by atoms with Gasteiger partial charge in [0.2, 0.25) is 5.91 Å². The molecule has 10 heteroatoms. The van der Waals surface area contributed by atoms with Crippen molar-refractivity contribution in [2.75, 3.05) is 19.7 Å². The number of aromatic nitrogens is 1. The molecule has 1 unspecified atom stereocenters. The molecule has 10 nitrogen and oxygen atoms in total. The molecule has 35 heavy (non-hydrogen) atoms. The number of pyridine rings is 1. The predicted octanol–water partition coefficient (Wildman–Crippen LogP) is 2.14. The maximum absolute atomic E-state index is 12.8. The van der Waals surface area contributed by atoms with Crippen molar-refractivity contribution in [2.24, 2.45) is 16.8 Å². The number of hydrogen-bond donors (Lipinski definition) is 2. The van der Waals surface area contributed by atoms with Crippen molar-refractivity contribution in [1.29, 1.82) is 0 Å². The number of amides is 1. The van der Waals surface area contributed by atoms with Crippen molar-refractivity contribution < 1.29 is 29.1 Å². The third-order valence-electron chi connectivity index (χ3n) is 5.84. The van der Waals surface area contributed by atoms with E-state index in [1.54, 1.807) is 54.5 Å². The average molecular weight is 483 g/mol. The molecule has 186 valence electrons. The summed E-state index contributed by atoms with van der Waals surface area (Å²) in [5, 5.41) is 11.7. The molecule has 0 aliphatic carbocycles. The van der Waals surface area contributed by atoms with Gasteiger partial charge in [-0.15, -0.1) is 0 Å². The van der Waals surface area contributed by atoms with Crippen LogP contribution in [0.25, 0.3) is 0 Å². The van der Waals surface area contributed by atoms with E-state index < -0.39 is 11.9 Å². The fourth-order valence-corrected chi connectivity index (χ4v) is 3.80. The van der Waals surface area contributed by atoms with Gasteiger partial charge in [0.1, 0.15) is 13.2 Å². The molecule has 0 saturated carbocycles. The highest BCUT2D eigenvalue weighted by atomic mass is 16.6. The van der Waals surface area contributed by atoms with E-state index in [0.29, 0.717) is 37.1 Å². The number of esters is 1. The highest BCUT2D eigenvalue weighted by molar-refractivity contribution is 6.01. The zero-order chi connectivity index (χ0) is 25.2. The predicted molar refractivity (Wildman–Crippen MR) is 127 cm³/mol. The smallest absolute Gasteiger partial charge is 0.332 e. The normalized spacial score (nSPS) is 15.5. The number of nitrogens with two attached hydrogens (primary N) is 1. The molecule has 1 saturated heterocycles. The second-order valence-electron chi connectivity index (χ2n) is 8.45. The van der Waals surface area contributed by atoms with Crippen LogP contribution in [0.15, 0.2) is 53.9 Å². The van der Waals surface area contributed by atoms with Crippen molar-refractivity contribution in [3.8, 4) is 0 Å². The van der Waals surface area contributed by atoms with Crippen molar-refractivity contribution in [1.82, 2.24) is 9.88 Å². The molecule has 3 N–H and O–H groups in total. The average Bonchev–Trinajstić information content (AvgIpc) is 2.90. The molecule has 1 amide bonds. The number of amidine groups is 1. The summed E-state index contributed by atoms with van der Waals surface area (Å²) in [6.07, 6.45) is 4.46. The summed E-state index contributed by atoms with van der Waals surface area (Å²) < 4.78 is 10.8. The second-order valence-corrected chi connectivity index (χ2v) is 8.45. The molecule has 1 atom stereocenters. The Labute approximate surface area is 203 Å². The van der Waals surface area contributed by atoms with E-state index in [1.807, 2.05) is 6.07 Å². The van der Waals surface area contributed by atoms with Crippen molar-refractivity contribution in [3.63, 3.8) is 0 Å². The summed E-state index contributed by atoms with van der Waals surface area (Å²) in [6.45, 7) is 2.75. The highest BCUT2D eigenvalue weighted by Gasteiger charge is 2.28. The molecule has 1 aliphatic rings. The number of carbonyl (C=O) groups excluding carboxylic acids is 3. The van der Waals surface area contributed by atoms with E-state index in [0.717, 1.165) is 5.56 Å². The second kappa shape index (κ2) is 12.6. The zero-order valence-electron chi connectivity index (χ0n) is 19.6. The first-order valence-electron chi connectivity index (χ1n) is 11.4. The van der Waals surface area contributed by atoms with Gasteiger partial charge < -0.3 is 25.3 Å². The first-order chi connectivity index (χ1) is 16.9. The largest absolute Gasteiger partial charge is 0.459 e. The molecule has 2 aromatic rings. The Kier molecular flexibility index (Phi) is 9.31. The molecule has 1 aromatic carbocycles. The van der Waals surface area contributed by atoms with Gasteiger partial charge in [-0.05, 0) is 18.9 Å². The number of nitrogens with zero attached hydrogens (tertiary/aromatic N) is 3. The van der Waals surface area contributed by atoms with Gasteiger partial charge in [0.05, 0.1) is 6.10 Å². The Hall–Kier alpha value is -3.79. The van der Waals surface area contributed by atoms with E-state index in [-0.39, 0.29) is 43.3 Å². The van der Waals surface area contributed by atoms with Gasteiger partial charge in [0.15, 0.2) is 11.6 Å². The van der Waals surface area contributed by atoms with Gasteiger partial charge in [0.25, 0.3) is 0 Å². The van der Waals surface area contributed by atoms with Crippen LogP contribution in [0.4, 0.5) is 0 Å². The van der Waals surface area contributed by atoms with Gasteiger partial charge >= 0.3 is 5.97 Å². The molecular weight excluding hydrogens is 452 g/mol. The standard InChI is InChI=1S/C25H30N4O6/c1-17(13-22(30)19-4-6-20(7-5-19)24(26)28-33)25(32)29-11-8-21(9-12-29)34-16-23(31)35-15-18-3-2-10-27-14-18/h2-7,10,14,17,21,33H,8-9,11-13,15-16H2,1H3,(H2,26,28). The Morgan fingerprint density at radius 1 is 1.17 bits per heavy atom. The van der Waals surface area contributed by atoms with Gasteiger partial charge in [-0.3, -0.25) is 14.6 Å². The third-order valence-corrected chi connectivity index (χ3v) is 5.84. The number of ether oxygens (including phenoxy) is 2. The SMILES string of the molecule is CC(CC(=O)c1ccc(/C(N)=N/O)cc1)C(=O)N1CCC(OCC(=O)OCc2cccnc2)CC1. The van der Waals surface area contributed by atoms with Crippen LogP contribution in [0.2, 0.25) is 0 Å². The van der Waals surface area contributed by atoms with E-state index in [2.05, 4.69) is 10.1 Å². The summed E-state index contributed by atoms with van der Waals surface area (Å²) in [5.74, 6) is -1.19. The summed E-state index contributed by atoms with van der Waals surface area (Å²) in [5.41, 5.74) is 7.30. The van der Waals surface area contributed by atoms with Crippen LogP contribution in [-0.4, -0.2) is 64.4 Å². The first kappa shape index (κ1) is 25.8. The van der Waals surface area contributed by atoms with Crippen LogP contribution < -0.4 is 5.73 Å². The number of carbonyl (C=O) groups is 3. The number of ketones is 1. The van der Waals surface area contributed by atoms with E-state index >= 15 is 0 Å². The summed E-state index contributed by atoms with van der Waals surface area (Å²) in [4.78, 5) is 43.0. The van der Waals surface area contributed by atoms with Crippen molar-refractivity contribution >= 4 is 23.5 Å². The maximum Gasteiger partial charge on any atom is 0.332 e. The number of Topliss-reactive ketones (excluding diaryl/α,β-unsaturated/α-hetero) is 1. The number of benzene rings is 1. The minimum Gasteiger partial charge on any atom is -0.459 e. The van der Waals surface area contributed by atoms with E-state index in [1.165, 1.54) is 0 Å². The van der Waals surface area contributed by atoms with Crippen LogP contribution in [0.3, 0.4) is 0 Å². The highest BCUT2D eigenvalue weighted by Crippen LogP contribution is 2.19. The number of oxime groups is 1. The quantitative estimate of drug-likeness (QED) is 0.131. The van der Waals surface area contributed by atoms with Gasteiger partial charge in [-0.25, -0.2) is 4.79 Å². The Morgan fingerprint density at radius 3 is 2.49 bits per heavy atom. The summed E-state index contributed by atoms with van der Waals surface area (Å²) in [7, 11) is 0. The van der Waals surface area contributed by atoms with E-state index in [9.17, 15) is 14.4 Å². The zero-order valence-corrected chi connectivity index (χ0v) is 19.6.